The highest BCUT2D eigenvalue weighted by molar-refractivity contribution is 6.63. The lowest BCUT2D eigenvalue weighted by molar-refractivity contribution is -0.128. The second-order valence-electron chi connectivity index (χ2n) is 12.1. The highest BCUT2D eigenvalue weighted by Gasteiger charge is 2.52. The third-order valence-corrected chi connectivity index (χ3v) is 8.94. The SMILES string of the molecule is CC(=O)N1CCC(NC2CCOCC2)=C(C(=N)N2CCCc3cc(B4OC(C)(C)C(C)(C)O4)c(C#N)cc32)C1. The molecule has 5 rings (SSSR count). The number of ether oxygens (including phenoxy) is 1. The number of carbonyl (C=O) groups is 1. The van der Waals surface area contributed by atoms with Gasteiger partial charge in [0.05, 0.1) is 29.4 Å². The summed E-state index contributed by atoms with van der Waals surface area (Å²) < 4.78 is 18.1. The molecule has 0 saturated carbocycles. The number of hydrogen-bond acceptors (Lipinski definition) is 7. The Morgan fingerprint density at radius 3 is 2.46 bits per heavy atom. The molecule has 0 spiro atoms. The van der Waals surface area contributed by atoms with E-state index in [0.717, 1.165) is 66.9 Å². The number of aryl methyl sites for hydroxylation is 1. The van der Waals surface area contributed by atoms with Crippen molar-refractivity contribution in [1.82, 2.24) is 10.2 Å². The van der Waals surface area contributed by atoms with E-state index in [9.17, 15) is 15.5 Å². The number of carbonyl (C=O) groups excluding carboxylic acids is 1. The molecule has 0 atom stereocenters. The first-order valence-electron chi connectivity index (χ1n) is 14.1. The van der Waals surface area contributed by atoms with Gasteiger partial charge in [-0.1, -0.05) is 6.07 Å². The van der Waals surface area contributed by atoms with Gasteiger partial charge < -0.3 is 29.2 Å². The molecule has 0 aromatic heterocycles. The normalized spacial score (nSPS) is 22.9. The molecular weight excluding hydrogens is 493 g/mol. The summed E-state index contributed by atoms with van der Waals surface area (Å²) in [6, 6.07) is 6.59. The van der Waals surface area contributed by atoms with Crippen LogP contribution in [0.5, 0.6) is 0 Å². The first-order chi connectivity index (χ1) is 18.5. The van der Waals surface area contributed by atoms with Gasteiger partial charge in [-0.2, -0.15) is 5.26 Å². The molecule has 39 heavy (non-hydrogen) atoms. The van der Waals surface area contributed by atoms with Crippen LogP contribution in [0.15, 0.2) is 23.4 Å². The molecule has 2 fully saturated rings. The second-order valence-corrected chi connectivity index (χ2v) is 12.1. The van der Waals surface area contributed by atoms with Crippen LogP contribution in [0.1, 0.15) is 71.4 Å². The average molecular weight is 533 g/mol. The summed E-state index contributed by atoms with van der Waals surface area (Å²) in [5, 5.41) is 23.2. The Labute approximate surface area is 232 Å². The van der Waals surface area contributed by atoms with Crippen molar-refractivity contribution in [3.05, 3.63) is 34.5 Å². The van der Waals surface area contributed by atoms with Gasteiger partial charge in [0.15, 0.2) is 0 Å². The molecule has 0 unspecified atom stereocenters. The van der Waals surface area contributed by atoms with E-state index < -0.39 is 18.3 Å². The van der Waals surface area contributed by atoms with Gasteiger partial charge in [0, 0.05) is 68.1 Å². The van der Waals surface area contributed by atoms with E-state index in [1.54, 1.807) is 6.92 Å². The lowest BCUT2D eigenvalue weighted by Crippen LogP contribution is -2.47. The lowest BCUT2D eigenvalue weighted by Gasteiger charge is -2.38. The summed E-state index contributed by atoms with van der Waals surface area (Å²) in [4.78, 5) is 16.1. The molecule has 1 aromatic rings. The Kier molecular flexibility index (Phi) is 7.53. The largest absolute Gasteiger partial charge is 0.496 e. The van der Waals surface area contributed by atoms with Crippen molar-refractivity contribution in [2.45, 2.75) is 84.0 Å². The third kappa shape index (κ3) is 5.32. The van der Waals surface area contributed by atoms with Gasteiger partial charge >= 0.3 is 7.12 Å². The van der Waals surface area contributed by atoms with Crippen LogP contribution < -0.4 is 15.7 Å². The van der Waals surface area contributed by atoms with Crippen LogP contribution in [0.2, 0.25) is 0 Å². The highest BCUT2D eigenvalue weighted by atomic mass is 16.7. The predicted molar refractivity (Wildman–Crippen MR) is 151 cm³/mol. The molecule has 2 saturated heterocycles. The monoisotopic (exact) mass is 533 g/mol. The van der Waals surface area contributed by atoms with E-state index >= 15 is 0 Å². The summed E-state index contributed by atoms with van der Waals surface area (Å²) in [7, 11) is -0.620. The van der Waals surface area contributed by atoms with Crippen LogP contribution >= 0.6 is 0 Å². The van der Waals surface area contributed by atoms with Crippen molar-refractivity contribution in [1.29, 1.82) is 10.7 Å². The standard InChI is InChI=1S/C29H40BN5O4/c1-19(36)34-12-8-25(33-22-9-13-37-14-10-22)23(18-34)27(32)35-11-6-7-20-15-24(21(17-31)16-26(20)35)30-38-28(2,3)29(4,5)39-30/h15-16,22,32-33H,6-14,18H2,1-5H3. The predicted octanol–water partition coefficient (Wildman–Crippen LogP) is 2.86. The van der Waals surface area contributed by atoms with Gasteiger partial charge in [0.25, 0.3) is 0 Å². The van der Waals surface area contributed by atoms with E-state index in [1.165, 1.54) is 0 Å². The van der Waals surface area contributed by atoms with E-state index in [4.69, 9.17) is 14.0 Å². The molecule has 4 aliphatic rings. The fourth-order valence-electron chi connectivity index (χ4n) is 5.81. The summed E-state index contributed by atoms with van der Waals surface area (Å²) in [6.07, 6.45) is 4.29. The zero-order chi connectivity index (χ0) is 27.9. The highest BCUT2D eigenvalue weighted by Crippen LogP contribution is 2.38. The minimum Gasteiger partial charge on any atom is -0.399 e. The zero-order valence-corrected chi connectivity index (χ0v) is 23.9. The number of anilines is 1. The van der Waals surface area contributed by atoms with Crippen molar-refractivity contribution in [3.8, 4) is 6.07 Å². The number of nitrogens with zero attached hydrogens (tertiary/aromatic N) is 3. The van der Waals surface area contributed by atoms with E-state index in [2.05, 4.69) is 11.4 Å². The van der Waals surface area contributed by atoms with Crippen molar-refractivity contribution in [2.75, 3.05) is 37.7 Å². The molecule has 10 heteroatoms. The molecule has 4 aliphatic heterocycles. The number of nitriles is 1. The van der Waals surface area contributed by atoms with Crippen LogP contribution in [0.3, 0.4) is 0 Å². The molecule has 9 nitrogen and oxygen atoms in total. The summed E-state index contributed by atoms with van der Waals surface area (Å²) in [6.45, 7) is 12.8. The molecule has 208 valence electrons. The van der Waals surface area contributed by atoms with Gasteiger partial charge in [-0.15, -0.1) is 0 Å². The van der Waals surface area contributed by atoms with E-state index in [-0.39, 0.29) is 5.91 Å². The number of benzene rings is 1. The topological polar surface area (TPSA) is 111 Å². The molecule has 1 amide bonds. The number of amides is 1. The molecule has 4 heterocycles. The maximum atomic E-state index is 12.3. The van der Waals surface area contributed by atoms with Crippen LogP contribution in [0.4, 0.5) is 5.69 Å². The number of amidine groups is 1. The minimum atomic E-state index is -0.620. The van der Waals surface area contributed by atoms with Gasteiger partial charge in [-0.05, 0) is 65.0 Å². The maximum absolute atomic E-state index is 12.3. The van der Waals surface area contributed by atoms with E-state index in [0.29, 0.717) is 43.5 Å². The maximum Gasteiger partial charge on any atom is 0.496 e. The van der Waals surface area contributed by atoms with Gasteiger partial charge in [-0.25, -0.2) is 0 Å². The van der Waals surface area contributed by atoms with Gasteiger partial charge in [0.2, 0.25) is 5.91 Å². The minimum absolute atomic E-state index is 0.0169. The first-order valence-corrected chi connectivity index (χ1v) is 14.1. The smallest absolute Gasteiger partial charge is 0.399 e. The Morgan fingerprint density at radius 1 is 1.13 bits per heavy atom. The quantitative estimate of drug-likeness (QED) is 0.348. The molecule has 0 aliphatic carbocycles. The summed E-state index contributed by atoms with van der Waals surface area (Å²) in [5.41, 5.74) is 4.08. The fraction of sp³-hybridized carbons (Fsp3) is 0.621. The van der Waals surface area contributed by atoms with E-state index in [1.807, 2.05) is 49.6 Å². The van der Waals surface area contributed by atoms with Crippen molar-refractivity contribution >= 4 is 30.0 Å². The summed E-state index contributed by atoms with van der Waals surface area (Å²) >= 11 is 0. The molecular formula is C29H40BN5O4. The van der Waals surface area contributed by atoms with Crippen LogP contribution in [0, 0.1) is 16.7 Å². The third-order valence-electron chi connectivity index (χ3n) is 8.94. The fourth-order valence-corrected chi connectivity index (χ4v) is 5.81. The number of hydrogen-bond donors (Lipinski definition) is 2. The van der Waals surface area contributed by atoms with Crippen LogP contribution in [-0.2, 0) is 25.3 Å². The Morgan fingerprint density at radius 2 is 1.82 bits per heavy atom. The summed E-state index contributed by atoms with van der Waals surface area (Å²) in [5.74, 6) is 0.409. The van der Waals surface area contributed by atoms with Gasteiger partial charge in [0.1, 0.15) is 5.84 Å². The first kappa shape index (κ1) is 27.7. The molecule has 0 radical (unpaired) electrons. The Hall–Kier alpha value is -2.87. The molecule has 2 N–H and O–H groups in total. The lowest BCUT2D eigenvalue weighted by atomic mass is 9.74. The zero-order valence-electron chi connectivity index (χ0n) is 23.9. The van der Waals surface area contributed by atoms with Gasteiger partial charge in [-0.3, -0.25) is 10.2 Å². The average Bonchev–Trinajstić information content (AvgIpc) is 3.14. The number of fused-ring (bicyclic) bond motifs is 1. The number of nitrogens with one attached hydrogen (secondary N) is 2. The van der Waals surface area contributed by atoms with Crippen molar-refractivity contribution < 1.29 is 18.8 Å². The second kappa shape index (κ2) is 10.6. The number of rotatable bonds is 4. The molecule has 1 aromatic carbocycles. The van der Waals surface area contributed by atoms with Crippen LogP contribution in [-0.4, -0.2) is 73.9 Å². The van der Waals surface area contributed by atoms with Crippen LogP contribution in [0.25, 0.3) is 0 Å². The van der Waals surface area contributed by atoms with Crippen molar-refractivity contribution in [2.24, 2.45) is 0 Å². The van der Waals surface area contributed by atoms with Crippen molar-refractivity contribution in [3.63, 3.8) is 0 Å². The Bertz CT molecular complexity index is 1210. The Balaban J connectivity index is 1.48. The molecule has 0 bridgehead atoms.